The molecule has 1 aromatic heterocycles. The molecule has 1 saturated carbocycles. The standard InChI is InChI=1S/C14H17N5O.ClH/c15-8-12-17-13(19-18-12)9-4-6-11(7-5-9)16-14(20)10-2-1-3-10;/h4-7,10H,1-3,8,15H2,(H,16,20)(H,17,18,19);1H. The van der Waals surface area contributed by atoms with Crippen molar-refractivity contribution in [3.8, 4) is 11.4 Å². The van der Waals surface area contributed by atoms with Crippen molar-refractivity contribution < 1.29 is 4.79 Å². The molecular formula is C14H18ClN5O. The van der Waals surface area contributed by atoms with Gasteiger partial charge in [-0.25, -0.2) is 4.98 Å². The highest BCUT2D eigenvalue weighted by Crippen LogP contribution is 2.27. The Hall–Kier alpha value is -1.92. The van der Waals surface area contributed by atoms with Crippen LogP contribution in [0.15, 0.2) is 24.3 Å². The summed E-state index contributed by atoms with van der Waals surface area (Å²) >= 11 is 0. The monoisotopic (exact) mass is 307 g/mol. The van der Waals surface area contributed by atoms with E-state index in [1.54, 1.807) is 0 Å². The van der Waals surface area contributed by atoms with Crippen LogP contribution in [0, 0.1) is 5.92 Å². The summed E-state index contributed by atoms with van der Waals surface area (Å²) in [5.74, 6) is 1.58. The van der Waals surface area contributed by atoms with E-state index in [1.807, 2.05) is 24.3 Å². The number of anilines is 1. The zero-order valence-corrected chi connectivity index (χ0v) is 12.3. The van der Waals surface area contributed by atoms with E-state index in [0.29, 0.717) is 18.2 Å². The number of halogens is 1. The molecular weight excluding hydrogens is 290 g/mol. The molecule has 0 bridgehead atoms. The lowest BCUT2D eigenvalue weighted by Gasteiger charge is -2.24. The maximum atomic E-state index is 11.8. The van der Waals surface area contributed by atoms with E-state index in [1.165, 1.54) is 0 Å². The lowest BCUT2D eigenvalue weighted by atomic mass is 9.85. The molecule has 112 valence electrons. The van der Waals surface area contributed by atoms with Crippen LogP contribution in [0.5, 0.6) is 0 Å². The third-order valence-electron chi connectivity index (χ3n) is 3.61. The zero-order chi connectivity index (χ0) is 13.9. The molecule has 2 aromatic rings. The van der Waals surface area contributed by atoms with Crippen molar-refractivity contribution >= 4 is 24.0 Å². The van der Waals surface area contributed by atoms with E-state index in [9.17, 15) is 4.79 Å². The Bertz CT molecular complexity index is 606. The predicted molar refractivity (Wildman–Crippen MR) is 82.9 cm³/mol. The van der Waals surface area contributed by atoms with Crippen molar-refractivity contribution in [2.75, 3.05) is 5.32 Å². The number of aromatic nitrogens is 3. The Morgan fingerprint density at radius 1 is 1.33 bits per heavy atom. The molecule has 0 atom stereocenters. The predicted octanol–water partition coefficient (Wildman–Crippen LogP) is 2.09. The van der Waals surface area contributed by atoms with Gasteiger partial charge in [0, 0.05) is 17.2 Å². The maximum absolute atomic E-state index is 11.8. The number of H-pyrrole nitrogens is 1. The molecule has 0 spiro atoms. The molecule has 1 aliphatic rings. The van der Waals surface area contributed by atoms with Gasteiger partial charge in [0.15, 0.2) is 5.82 Å². The second-order valence-electron chi connectivity index (χ2n) is 5.00. The minimum atomic E-state index is 0. The second kappa shape index (κ2) is 6.69. The first-order valence-corrected chi connectivity index (χ1v) is 6.79. The van der Waals surface area contributed by atoms with Gasteiger partial charge < -0.3 is 11.1 Å². The summed E-state index contributed by atoms with van der Waals surface area (Å²) in [5, 5.41) is 9.80. The van der Waals surface area contributed by atoms with E-state index in [4.69, 9.17) is 5.73 Å². The van der Waals surface area contributed by atoms with Gasteiger partial charge in [0.1, 0.15) is 5.82 Å². The summed E-state index contributed by atoms with van der Waals surface area (Å²) in [6.07, 6.45) is 3.16. The Kier molecular flexibility index (Phi) is 4.93. The number of nitrogens with zero attached hydrogens (tertiary/aromatic N) is 2. The number of carbonyl (C=O) groups is 1. The number of amides is 1. The topological polar surface area (TPSA) is 96.7 Å². The van der Waals surface area contributed by atoms with Crippen LogP contribution < -0.4 is 11.1 Å². The fraction of sp³-hybridized carbons (Fsp3) is 0.357. The minimum Gasteiger partial charge on any atom is -0.326 e. The van der Waals surface area contributed by atoms with Crippen LogP contribution in [0.1, 0.15) is 25.1 Å². The molecule has 1 heterocycles. The summed E-state index contributed by atoms with van der Waals surface area (Å²) < 4.78 is 0. The first-order valence-electron chi connectivity index (χ1n) is 6.79. The molecule has 0 saturated heterocycles. The van der Waals surface area contributed by atoms with E-state index >= 15 is 0 Å². The van der Waals surface area contributed by atoms with Crippen LogP contribution in [0.3, 0.4) is 0 Å². The van der Waals surface area contributed by atoms with E-state index < -0.39 is 0 Å². The SMILES string of the molecule is Cl.NCc1nc(-c2ccc(NC(=O)C3CCC3)cc2)n[nH]1. The number of rotatable bonds is 4. The number of nitrogens with one attached hydrogen (secondary N) is 2. The van der Waals surface area contributed by atoms with Crippen molar-refractivity contribution in [2.45, 2.75) is 25.8 Å². The fourth-order valence-electron chi connectivity index (χ4n) is 2.13. The van der Waals surface area contributed by atoms with Gasteiger partial charge in [-0.3, -0.25) is 9.89 Å². The molecule has 1 aromatic carbocycles. The molecule has 7 heteroatoms. The van der Waals surface area contributed by atoms with Gasteiger partial charge in [0.05, 0.1) is 6.54 Å². The molecule has 21 heavy (non-hydrogen) atoms. The Labute approximate surface area is 128 Å². The quantitative estimate of drug-likeness (QED) is 0.805. The molecule has 3 rings (SSSR count). The molecule has 0 radical (unpaired) electrons. The normalized spacial score (nSPS) is 14.1. The molecule has 0 aliphatic heterocycles. The van der Waals surface area contributed by atoms with E-state index in [2.05, 4.69) is 20.5 Å². The van der Waals surface area contributed by atoms with Gasteiger partial charge in [-0.15, -0.1) is 12.4 Å². The molecule has 1 aliphatic carbocycles. The number of benzene rings is 1. The number of carbonyl (C=O) groups excluding carboxylic acids is 1. The summed E-state index contributed by atoms with van der Waals surface area (Å²) in [7, 11) is 0. The maximum Gasteiger partial charge on any atom is 0.227 e. The van der Waals surface area contributed by atoms with Crippen LogP contribution in [0.2, 0.25) is 0 Å². The molecule has 0 unspecified atom stereocenters. The van der Waals surface area contributed by atoms with Crippen molar-refractivity contribution in [1.29, 1.82) is 0 Å². The Balaban J connectivity index is 0.00000161. The van der Waals surface area contributed by atoms with Crippen LogP contribution >= 0.6 is 12.4 Å². The number of hydrogen-bond donors (Lipinski definition) is 3. The van der Waals surface area contributed by atoms with Crippen molar-refractivity contribution in [3.63, 3.8) is 0 Å². The number of nitrogens with two attached hydrogens (primary N) is 1. The van der Waals surface area contributed by atoms with Crippen LogP contribution in [0.4, 0.5) is 5.69 Å². The second-order valence-corrected chi connectivity index (χ2v) is 5.00. The number of aromatic amines is 1. The highest BCUT2D eigenvalue weighted by molar-refractivity contribution is 5.93. The first-order chi connectivity index (χ1) is 9.76. The average Bonchev–Trinajstić information content (AvgIpc) is 2.86. The zero-order valence-electron chi connectivity index (χ0n) is 11.5. The Morgan fingerprint density at radius 3 is 2.57 bits per heavy atom. The smallest absolute Gasteiger partial charge is 0.227 e. The third kappa shape index (κ3) is 3.40. The first kappa shape index (κ1) is 15.5. The van der Waals surface area contributed by atoms with Gasteiger partial charge in [0.2, 0.25) is 5.91 Å². The minimum absolute atomic E-state index is 0. The van der Waals surface area contributed by atoms with Crippen LogP contribution in [-0.4, -0.2) is 21.1 Å². The van der Waals surface area contributed by atoms with Gasteiger partial charge >= 0.3 is 0 Å². The summed E-state index contributed by atoms with van der Waals surface area (Å²) in [6.45, 7) is 0.336. The molecule has 4 N–H and O–H groups in total. The van der Waals surface area contributed by atoms with Crippen molar-refractivity contribution in [3.05, 3.63) is 30.1 Å². The lowest BCUT2D eigenvalue weighted by molar-refractivity contribution is -0.122. The van der Waals surface area contributed by atoms with Gasteiger partial charge in [-0.2, -0.15) is 5.10 Å². The van der Waals surface area contributed by atoms with Gasteiger partial charge in [-0.1, -0.05) is 6.42 Å². The largest absolute Gasteiger partial charge is 0.326 e. The van der Waals surface area contributed by atoms with Crippen LogP contribution in [0.25, 0.3) is 11.4 Å². The van der Waals surface area contributed by atoms with E-state index in [-0.39, 0.29) is 24.2 Å². The van der Waals surface area contributed by atoms with Gasteiger partial charge in [0.25, 0.3) is 0 Å². The summed E-state index contributed by atoms with van der Waals surface area (Å²) in [4.78, 5) is 16.1. The molecule has 6 nitrogen and oxygen atoms in total. The highest BCUT2D eigenvalue weighted by atomic mass is 35.5. The van der Waals surface area contributed by atoms with Crippen molar-refractivity contribution in [2.24, 2.45) is 11.7 Å². The van der Waals surface area contributed by atoms with E-state index in [0.717, 1.165) is 30.5 Å². The lowest BCUT2D eigenvalue weighted by Crippen LogP contribution is -2.27. The third-order valence-corrected chi connectivity index (χ3v) is 3.61. The van der Waals surface area contributed by atoms with Crippen LogP contribution in [-0.2, 0) is 11.3 Å². The average molecular weight is 308 g/mol. The van der Waals surface area contributed by atoms with Gasteiger partial charge in [-0.05, 0) is 37.1 Å². The molecule has 1 amide bonds. The van der Waals surface area contributed by atoms with Crippen molar-refractivity contribution in [1.82, 2.24) is 15.2 Å². The summed E-state index contributed by atoms with van der Waals surface area (Å²) in [5.41, 5.74) is 7.18. The fourth-order valence-corrected chi connectivity index (χ4v) is 2.13. The highest BCUT2D eigenvalue weighted by Gasteiger charge is 2.25. The summed E-state index contributed by atoms with van der Waals surface area (Å²) in [6, 6.07) is 7.51. The Morgan fingerprint density at radius 2 is 2.05 bits per heavy atom. The molecule has 1 fully saturated rings. The number of hydrogen-bond acceptors (Lipinski definition) is 4.